The third-order valence-electron chi connectivity index (χ3n) is 5.25. The van der Waals surface area contributed by atoms with Crippen LogP contribution in [0.15, 0.2) is 48.0 Å². The molecule has 1 N–H and O–H groups in total. The van der Waals surface area contributed by atoms with E-state index in [1.807, 2.05) is 23.7 Å². The van der Waals surface area contributed by atoms with Crippen molar-refractivity contribution in [2.24, 2.45) is 5.92 Å². The van der Waals surface area contributed by atoms with Crippen LogP contribution in [0.4, 0.5) is 9.52 Å². The van der Waals surface area contributed by atoms with E-state index in [0.29, 0.717) is 13.1 Å². The Balaban J connectivity index is 1.27. The van der Waals surface area contributed by atoms with Gasteiger partial charge < -0.3 is 10.2 Å². The Kier molecular flexibility index (Phi) is 5.22. The van der Waals surface area contributed by atoms with Crippen molar-refractivity contribution in [3.05, 3.63) is 58.7 Å². The van der Waals surface area contributed by atoms with Crippen molar-refractivity contribution >= 4 is 38.7 Å². The van der Waals surface area contributed by atoms with Crippen molar-refractivity contribution in [3.63, 3.8) is 0 Å². The normalized spacial score (nSPS) is 16.8. The third-order valence-corrected chi connectivity index (χ3v) is 7.11. The lowest BCUT2D eigenvalue weighted by atomic mass is 9.97. The molecule has 1 aromatic carbocycles. The van der Waals surface area contributed by atoms with Crippen LogP contribution in [0.3, 0.4) is 0 Å². The number of rotatable bonds is 5. The molecule has 1 atom stereocenters. The van der Waals surface area contributed by atoms with E-state index >= 15 is 0 Å². The Bertz CT molecular complexity index is 1120. The zero-order valence-corrected chi connectivity index (χ0v) is 17.8. The van der Waals surface area contributed by atoms with Crippen LogP contribution in [-0.2, 0) is 11.3 Å². The summed E-state index contributed by atoms with van der Waals surface area (Å²) < 4.78 is 14.9. The molecule has 30 heavy (non-hydrogen) atoms. The summed E-state index contributed by atoms with van der Waals surface area (Å²) in [5.41, 5.74) is 1.63. The highest BCUT2D eigenvalue weighted by Crippen LogP contribution is 2.30. The highest BCUT2D eigenvalue weighted by atomic mass is 32.1. The third kappa shape index (κ3) is 3.95. The second kappa shape index (κ2) is 8.16. The molecule has 1 aliphatic heterocycles. The quantitative estimate of drug-likeness (QED) is 0.504. The van der Waals surface area contributed by atoms with Crippen LogP contribution in [-0.4, -0.2) is 33.6 Å². The van der Waals surface area contributed by atoms with Crippen LogP contribution in [0.25, 0.3) is 16.2 Å². The van der Waals surface area contributed by atoms with Crippen molar-refractivity contribution in [2.45, 2.75) is 19.4 Å². The number of halogens is 1. The molecule has 5 rings (SSSR count). The number of carbonyl (C=O) groups excluding carboxylic acids is 1. The summed E-state index contributed by atoms with van der Waals surface area (Å²) in [5, 5.41) is 10.6. The second-order valence-electron chi connectivity index (χ2n) is 7.33. The van der Waals surface area contributed by atoms with Gasteiger partial charge in [-0.3, -0.25) is 4.79 Å². The summed E-state index contributed by atoms with van der Waals surface area (Å²) in [5.74, 6) is -0.197. The van der Waals surface area contributed by atoms with Crippen molar-refractivity contribution in [3.8, 4) is 11.3 Å². The van der Waals surface area contributed by atoms with Crippen molar-refractivity contribution in [1.82, 2.24) is 19.9 Å². The molecule has 1 unspecified atom stereocenters. The summed E-state index contributed by atoms with van der Waals surface area (Å²) in [6.45, 7) is 2.14. The van der Waals surface area contributed by atoms with Gasteiger partial charge in [-0.15, -0.1) is 16.4 Å². The monoisotopic (exact) mass is 441 g/mol. The van der Waals surface area contributed by atoms with Crippen LogP contribution in [0.2, 0.25) is 0 Å². The molecule has 4 aromatic rings. The highest BCUT2D eigenvalue weighted by Gasteiger charge is 2.27. The summed E-state index contributed by atoms with van der Waals surface area (Å²) in [6, 6.07) is 10.3. The molecule has 4 heterocycles. The number of piperidine rings is 1. The molecule has 154 valence electrons. The van der Waals surface area contributed by atoms with Gasteiger partial charge in [0.15, 0.2) is 0 Å². The summed E-state index contributed by atoms with van der Waals surface area (Å²) in [4.78, 5) is 21.4. The molecule has 0 aliphatic carbocycles. The minimum atomic E-state index is -0.265. The van der Waals surface area contributed by atoms with Crippen molar-refractivity contribution in [1.29, 1.82) is 0 Å². The molecular weight excluding hydrogens is 421 g/mol. The zero-order valence-electron chi connectivity index (χ0n) is 16.1. The van der Waals surface area contributed by atoms with Gasteiger partial charge in [-0.05, 0) is 48.6 Å². The molecular formula is C21H20FN5OS2. The van der Waals surface area contributed by atoms with Gasteiger partial charge in [-0.25, -0.2) is 13.9 Å². The number of imidazole rings is 1. The molecule has 6 nitrogen and oxygen atoms in total. The number of thiophene rings is 1. The number of anilines is 1. The topological polar surface area (TPSA) is 62.5 Å². The number of carbonyl (C=O) groups is 1. The van der Waals surface area contributed by atoms with E-state index < -0.39 is 0 Å². The minimum absolute atomic E-state index is 0.0373. The first-order valence-electron chi connectivity index (χ1n) is 9.83. The standard InChI is InChI=1S/C21H20FN5OS2/c22-16-7-5-14(6-8-16)18-13-27-20(24-18)30-21(25-27)26-9-1-3-15(12-26)19(28)23-11-17-4-2-10-29-17/h2,4-8,10,13,15H,1,3,9,11-12H2,(H,23,28). The molecule has 0 bridgehead atoms. The molecule has 1 saturated heterocycles. The number of benzene rings is 1. The van der Waals surface area contributed by atoms with Crippen molar-refractivity contribution < 1.29 is 9.18 Å². The molecule has 1 fully saturated rings. The van der Waals surface area contributed by atoms with E-state index in [1.165, 1.54) is 23.5 Å². The lowest BCUT2D eigenvalue weighted by molar-refractivity contribution is -0.125. The molecule has 9 heteroatoms. The Labute approximate surface area is 181 Å². The maximum Gasteiger partial charge on any atom is 0.225 e. The van der Waals surface area contributed by atoms with Gasteiger partial charge in [0.1, 0.15) is 5.82 Å². The first kappa shape index (κ1) is 19.2. The SMILES string of the molecule is O=C(NCc1cccs1)C1CCCN(c2nn3cc(-c4ccc(F)cc4)nc3s2)C1. The minimum Gasteiger partial charge on any atom is -0.351 e. The second-order valence-corrected chi connectivity index (χ2v) is 9.29. The summed E-state index contributed by atoms with van der Waals surface area (Å²) in [7, 11) is 0. The van der Waals surface area contributed by atoms with Crippen molar-refractivity contribution in [2.75, 3.05) is 18.0 Å². The van der Waals surface area contributed by atoms with E-state index in [1.54, 1.807) is 28.0 Å². The lowest BCUT2D eigenvalue weighted by Gasteiger charge is -2.31. The number of hydrogen-bond acceptors (Lipinski definition) is 6. The predicted molar refractivity (Wildman–Crippen MR) is 117 cm³/mol. The van der Waals surface area contributed by atoms with Gasteiger partial charge in [-0.1, -0.05) is 17.4 Å². The largest absolute Gasteiger partial charge is 0.351 e. The zero-order chi connectivity index (χ0) is 20.5. The summed E-state index contributed by atoms with van der Waals surface area (Å²) in [6.07, 6.45) is 3.71. The molecule has 1 aliphatic rings. The van der Waals surface area contributed by atoms with Crippen LogP contribution in [0.1, 0.15) is 17.7 Å². The Morgan fingerprint density at radius 1 is 1.27 bits per heavy atom. The van der Waals surface area contributed by atoms with Gasteiger partial charge >= 0.3 is 0 Å². The average molecular weight is 442 g/mol. The van der Waals surface area contributed by atoms with Gasteiger partial charge in [0.2, 0.25) is 16.0 Å². The fourth-order valence-corrected chi connectivity index (χ4v) is 5.24. The maximum absolute atomic E-state index is 13.1. The molecule has 0 radical (unpaired) electrons. The number of fused-ring (bicyclic) bond motifs is 1. The fraction of sp³-hybridized carbons (Fsp3) is 0.286. The molecule has 3 aromatic heterocycles. The smallest absolute Gasteiger partial charge is 0.225 e. The van der Waals surface area contributed by atoms with E-state index in [2.05, 4.69) is 20.3 Å². The van der Waals surface area contributed by atoms with E-state index in [-0.39, 0.29) is 17.6 Å². The first-order valence-corrected chi connectivity index (χ1v) is 11.5. The van der Waals surface area contributed by atoms with Gasteiger partial charge in [0.05, 0.1) is 24.4 Å². The van der Waals surface area contributed by atoms with E-state index in [4.69, 9.17) is 0 Å². The Hall–Kier alpha value is -2.78. The van der Waals surface area contributed by atoms with Gasteiger partial charge in [-0.2, -0.15) is 0 Å². The Morgan fingerprint density at radius 2 is 2.13 bits per heavy atom. The number of nitrogens with zero attached hydrogens (tertiary/aromatic N) is 4. The number of nitrogens with one attached hydrogen (secondary N) is 1. The average Bonchev–Trinajstić information content (AvgIpc) is 3.49. The van der Waals surface area contributed by atoms with E-state index in [0.717, 1.165) is 45.6 Å². The van der Waals surface area contributed by atoms with Gasteiger partial charge in [0, 0.05) is 23.5 Å². The molecule has 0 saturated carbocycles. The molecule has 1 amide bonds. The summed E-state index contributed by atoms with van der Waals surface area (Å²) >= 11 is 3.16. The highest BCUT2D eigenvalue weighted by molar-refractivity contribution is 7.20. The van der Waals surface area contributed by atoms with Crippen LogP contribution >= 0.6 is 22.7 Å². The molecule has 0 spiro atoms. The fourth-order valence-electron chi connectivity index (χ4n) is 3.67. The van der Waals surface area contributed by atoms with Crippen LogP contribution < -0.4 is 10.2 Å². The van der Waals surface area contributed by atoms with E-state index in [9.17, 15) is 9.18 Å². The predicted octanol–water partition coefficient (Wildman–Crippen LogP) is 4.19. The number of amides is 1. The number of hydrogen-bond donors (Lipinski definition) is 1. The number of aromatic nitrogens is 3. The van der Waals surface area contributed by atoms with Crippen LogP contribution in [0, 0.1) is 11.7 Å². The Morgan fingerprint density at radius 3 is 2.90 bits per heavy atom. The van der Waals surface area contributed by atoms with Crippen LogP contribution in [0.5, 0.6) is 0 Å². The van der Waals surface area contributed by atoms with Gasteiger partial charge in [0.25, 0.3) is 0 Å². The maximum atomic E-state index is 13.1. The first-order chi connectivity index (χ1) is 14.7. The lowest BCUT2D eigenvalue weighted by Crippen LogP contribution is -2.42.